The highest BCUT2D eigenvalue weighted by Gasteiger charge is 2.33. The first kappa shape index (κ1) is 16.7. The minimum absolute atomic E-state index is 0.180. The maximum atomic E-state index is 12.9. The highest BCUT2D eigenvalue weighted by atomic mass is 16.3. The Morgan fingerprint density at radius 2 is 1.33 bits per heavy atom. The molecule has 0 spiro atoms. The summed E-state index contributed by atoms with van der Waals surface area (Å²) in [4.78, 5) is 16.8. The van der Waals surface area contributed by atoms with Crippen molar-refractivity contribution in [2.45, 2.75) is 12.0 Å². The molecule has 0 saturated carbocycles. The average molecular weight is 324 g/mol. The standard InChI is InChI=1S/C20H24N2O2/c1-21-12-14-22(15-13-21)20(24)19(23)18(16-8-4-2-5-9-16)17-10-6-3-7-11-17/h2-11,18-19,23H,12-15H2,1H3. The van der Waals surface area contributed by atoms with Crippen molar-refractivity contribution < 1.29 is 9.90 Å². The molecule has 0 radical (unpaired) electrons. The van der Waals surface area contributed by atoms with E-state index in [9.17, 15) is 9.90 Å². The molecule has 1 fully saturated rings. The largest absolute Gasteiger partial charge is 0.382 e. The summed E-state index contributed by atoms with van der Waals surface area (Å²) in [7, 11) is 2.05. The molecular weight excluding hydrogens is 300 g/mol. The lowest BCUT2D eigenvalue weighted by molar-refractivity contribution is -0.142. The Labute approximate surface area is 143 Å². The van der Waals surface area contributed by atoms with Crippen LogP contribution in [0.15, 0.2) is 60.7 Å². The lowest BCUT2D eigenvalue weighted by Crippen LogP contribution is -2.51. The van der Waals surface area contributed by atoms with Crippen LogP contribution >= 0.6 is 0 Å². The van der Waals surface area contributed by atoms with E-state index in [2.05, 4.69) is 11.9 Å². The van der Waals surface area contributed by atoms with Gasteiger partial charge in [0.25, 0.3) is 5.91 Å². The molecule has 1 amide bonds. The van der Waals surface area contributed by atoms with Crippen molar-refractivity contribution >= 4 is 5.91 Å². The maximum Gasteiger partial charge on any atom is 0.252 e. The van der Waals surface area contributed by atoms with Crippen molar-refractivity contribution in [3.05, 3.63) is 71.8 Å². The normalized spacial score (nSPS) is 17.0. The predicted octanol–water partition coefficient (Wildman–Crippen LogP) is 1.95. The van der Waals surface area contributed by atoms with Crippen LogP contribution in [0.25, 0.3) is 0 Å². The molecule has 0 bridgehead atoms. The smallest absolute Gasteiger partial charge is 0.252 e. The van der Waals surface area contributed by atoms with Crippen LogP contribution in [0, 0.1) is 0 Å². The molecule has 3 rings (SSSR count). The topological polar surface area (TPSA) is 43.8 Å². The molecule has 0 aliphatic carbocycles. The number of piperazine rings is 1. The number of rotatable bonds is 4. The van der Waals surface area contributed by atoms with Crippen LogP contribution in [0.3, 0.4) is 0 Å². The summed E-state index contributed by atoms with van der Waals surface area (Å²) in [5.74, 6) is -0.527. The number of hydrogen-bond acceptors (Lipinski definition) is 3. The first-order chi connectivity index (χ1) is 11.7. The van der Waals surface area contributed by atoms with Gasteiger partial charge >= 0.3 is 0 Å². The monoisotopic (exact) mass is 324 g/mol. The van der Waals surface area contributed by atoms with Gasteiger partial charge < -0.3 is 14.9 Å². The van der Waals surface area contributed by atoms with E-state index in [0.717, 1.165) is 24.2 Å². The Morgan fingerprint density at radius 1 is 0.875 bits per heavy atom. The van der Waals surface area contributed by atoms with Gasteiger partial charge in [-0.15, -0.1) is 0 Å². The number of carbonyl (C=O) groups is 1. The van der Waals surface area contributed by atoms with Gasteiger partial charge in [-0.1, -0.05) is 60.7 Å². The molecule has 1 saturated heterocycles. The van der Waals surface area contributed by atoms with Crippen molar-refractivity contribution in [2.75, 3.05) is 33.2 Å². The van der Waals surface area contributed by atoms with Crippen LogP contribution in [-0.4, -0.2) is 60.1 Å². The molecule has 0 aromatic heterocycles. The predicted molar refractivity (Wildman–Crippen MR) is 94.8 cm³/mol. The number of amides is 1. The molecule has 4 nitrogen and oxygen atoms in total. The molecule has 1 aliphatic heterocycles. The fourth-order valence-electron chi connectivity index (χ4n) is 3.23. The van der Waals surface area contributed by atoms with E-state index in [1.165, 1.54) is 0 Å². The first-order valence-corrected chi connectivity index (χ1v) is 8.42. The van der Waals surface area contributed by atoms with Gasteiger partial charge in [0.05, 0.1) is 0 Å². The Bertz CT molecular complexity index is 612. The third-order valence-corrected chi connectivity index (χ3v) is 4.70. The molecule has 2 aromatic rings. The van der Waals surface area contributed by atoms with Gasteiger partial charge in [-0.2, -0.15) is 0 Å². The van der Waals surface area contributed by atoms with Crippen molar-refractivity contribution in [1.82, 2.24) is 9.80 Å². The van der Waals surface area contributed by atoms with Crippen LogP contribution in [0.2, 0.25) is 0 Å². The molecule has 2 aromatic carbocycles. The average Bonchev–Trinajstić information content (AvgIpc) is 2.64. The number of hydrogen-bond donors (Lipinski definition) is 1. The van der Waals surface area contributed by atoms with Crippen LogP contribution in [0.5, 0.6) is 0 Å². The van der Waals surface area contributed by atoms with E-state index < -0.39 is 6.10 Å². The van der Waals surface area contributed by atoms with Crippen molar-refractivity contribution in [3.63, 3.8) is 0 Å². The van der Waals surface area contributed by atoms with Crippen molar-refractivity contribution in [3.8, 4) is 0 Å². The van der Waals surface area contributed by atoms with E-state index in [4.69, 9.17) is 0 Å². The lowest BCUT2D eigenvalue weighted by Gasteiger charge is -2.35. The minimum atomic E-state index is -1.07. The summed E-state index contributed by atoms with van der Waals surface area (Å²) in [6.07, 6.45) is -1.07. The first-order valence-electron chi connectivity index (χ1n) is 8.42. The Morgan fingerprint density at radius 3 is 1.79 bits per heavy atom. The third-order valence-electron chi connectivity index (χ3n) is 4.70. The summed E-state index contributed by atoms with van der Waals surface area (Å²) in [6.45, 7) is 3.03. The highest BCUT2D eigenvalue weighted by Crippen LogP contribution is 2.29. The van der Waals surface area contributed by atoms with E-state index in [-0.39, 0.29) is 11.8 Å². The second-order valence-electron chi connectivity index (χ2n) is 6.37. The van der Waals surface area contributed by atoms with Crippen LogP contribution in [0.1, 0.15) is 17.0 Å². The van der Waals surface area contributed by atoms with Gasteiger partial charge in [0.1, 0.15) is 6.10 Å². The zero-order chi connectivity index (χ0) is 16.9. The Hall–Kier alpha value is -2.17. The van der Waals surface area contributed by atoms with Crippen LogP contribution < -0.4 is 0 Å². The number of likely N-dealkylation sites (N-methyl/N-ethyl adjacent to an activating group) is 1. The summed E-state index contributed by atoms with van der Waals surface area (Å²) >= 11 is 0. The molecule has 1 atom stereocenters. The van der Waals surface area contributed by atoms with E-state index in [1.807, 2.05) is 60.7 Å². The summed E-state index contributed by atoms with van der Waals surface area (Å²) in [5, 5.41) is 10.9. The SMILES string of the molecule is CN1CCN(C(=O)C(O)C(c2ccccc2)c2ccccc2)CC1. The molecule has 24 heavy (non-hydrogen) atoms. The van der Waals surface area contributed by atoms with Crippen molar-refractivity contribution in [1.29, 1.82) is 0 Å². The number of carbonyl (C=O) groups excluding carboxylic acids is 1. The minimum Gasteiger partial charge on any atom is -0.382 e. The number of aliphatic hydroxyl groups is 1. The molecule has 1 heterocycles. The number of nitrogens with zero attached hydrogens (tertiary/aromatic N) is 2. The summed E-state index contributed by atoms with van der Waals surface area (Å²) in [5.41, 5.74) is 1.91. The van der Waals surface area contributed by atoms with E-state index in [1.54, 1.807) is 4.90 Å². The fourth-order valence-corrected chi connectivity index (χ4v) is 3.23. The molecule has 1 unspecified atom stereocenters. The van der Waals surface area contributed by atoms with E-state index in [0.29, 0.717) is 13.1 Å². The van der Waals surface area contributed by atoms with Gasteiger partial charge in [-0.3, -0.25) is 4.79 Å². The van der Waals surface area contributed by atoms with Crippen molar-refractivity contribution in [2.24, 2.45) is 0 Å². The quantitative estimate of drug-likeness (QED) is 0.935. The Kier molecular flexibility index (Phi) is 5.28. The molecule has 1 N–H and O–H groups in total. The zero-order valence-corrected chi connectivity index (χ0v) is 14.0. The van der Waals surface area contributed by atoms with E-state index >= 15 is 0 Å². The summed E-state index contributed by atoms with van der Waals surface area (Å²) in [6, 6.07) is 19.5. The van der Waals surface area contributed by atoms with Gasteiger partial charge in [0.15, 0.2) is 0 Å². The maximum absolute atomic E-state index is 12.9. The van der Waals surface area contributed by atoms with Gasteiger partial charge in [0.2, 0.25) is 0 Å². The summed E-state index contributed by atoms with van der Waals surface area (Å²) < 4.78 is 0. The molecule has 126 valence electrons. The third kappa shape index (κ3) is 3.66. The van der Waals surface area contributed by atoms with Crippen LogP contribution in [-0.2, 0) is 4.79 Å². The lowest BCUT2D eigenvalue weighted by atomic mass is 9.86. The molecule has 1 aliphatic rings. The van der Waals surface area contributed by atoms with Gasteiger partial charge in [0, 0.05) is 32.1 Å². The Balaban J connectivity index is 1.86. The number of aliphatic hydroxyl groups excluding tert-OH is 1. The fraction of sp³-hybridized carbons (Fsp3) is 0.350. The van der Waals surface area contributed by atoms with Gasteiger partial charge in [-0.25, -0.2) is 0 Å². The zero-order valence-electron chi connectivity index (χ0n) is 14.0. The highest BCUT2D eigenvalue weighted by molar-refractivity contribution is 5.82. The molecular formula is C20H24N2O2. The number of benzene rings is 2. The van der Waals surface area contributed by atoms with Crippen LogP contribution in [0.4, 0.5) is 0 Å². The second kappa shape index (κ2) is 7.60. The van der Waals surface area contributed by atoms with Gasteiger partial charge in [-0.05, 0) is 18.2 Å². The molecule has 4 heteroatoms. The second-order valence-corrected chi connectivity index (χ2v) is 6.37.